The SMILES string of the molecule is Cc1ccc(C(=O)OC(=O)c2ccc(C(=O)O)cc2)cc1. The van der Waals surface area contributed by atoms with Crippen molar-refractivity contribution in [2.24, 2.45) is 0 Å². The van der Waals surface area contributed by atoms with E-state index in [1.165, 1.54) is 24.3 Å². The fraction of sp³-hybridized carbons (Fsp3) is 0.0625. The largest absolute Gasteiger partial charge is 0.478 e. The van der Waals surface area contributed by atoms with Gasteiger partial charge in [0, 0.05) is 0 Å². The Morgan fingerprint density at radius 3 is 1.57 bits per heavy atom. The minimum absolute atomic E-state index is 0.0522. The zero-order chi connectivity index (χ0) is 15.4. The van der Waals surface area contributed by atoms with Crippen molar-refractivity contribution in [3.8, 4) is 0 Å². The number of benzene rings is 2. The summed E-state index contributed by atoms with van der Waals surface area (Å²) in [5.74, 6) is -2.66. The van der Waals surface area contributed by atoms with Crippen molar-refractivity contribution in [2.75, 3.05) is 0 Å². The lowest BCUT2D eigenvalue weighted by Crippen LogP contribution is -2.13. The summed E-state index contributed by atoms with van der Waals surface area (Å²) in [5, 5.41) is 8.76. The van der Waals surface area contributed by atoms with Gasteiger partial charge in [0.25, 0.3) is 0 Å². The van der Waals surface area contributed by atoms with E-state index < -0.39 is 17.9 Å². The second-order valence-electron chi connectivity index (χ2n) is 4.43. The van der Waals surface area contributed by atoms with E-state index in [-0.39, 0.29) is 16.7 Å². The molecule has 5 nitrogen and oxygen atoms in total. The average molecular weight is 284 g/mol. The molecular weight excluding hydrogens is 272 g/mol. The number of rotatable bonds is 3. The Kier molecular flexibility index (Phi) is 4.13. The van der Waals surface area contributed by atoms with Gasteiger partial charge in [0.05, 0.1) is 16.7 Å². The second-order valence-corrected chi connectivity index (χ2v) is 4.43. The van der Waals surface area contributed by atoms with Gasteiger partial charge < -0.3 is 9.84 Å². The molecule has 0 saturated heterocycles. The van der Waals surface area contributed by atoms with Gasteiger partial charge in [-0.05, 0) is 43.3 Å². The zero-order valence-electron chi connectivity index (χ0n) is 11.2. The maximum Gasteiger partial charge on any atom is 0.346 e. The molecule has 21 heavy (non-hydrogen) atoms. The Morgan fingerprint density at radius 1 is 0.762 bits per heavy atom. The lowest BCUT2D eigenvalue weighted by molar-refractivity contribution is 0.0397. The standard InChI is InChI=1S/C16H12O5/c1-10-2-4-12(5-3-10)15(19)21-16(20)13-8-6-11(7-9-13)14(17)18/h2-9H,1H3,(H,17,18). The third-order valence-corrected chi connectivity index (χ3v) is 2.84. The number of ether oxygens (including phenoxy) is 1. The lowest BCUT2D eigenvalue weighted by Gasteiger charge is -2.04. The summed E-state index contributed by atoms with van der Waals surface area (Å²) >= 11 is 0. The van der Waals surface area contributed by atoms with Crippen LogP contribution in [-0.2, 0) is 4.74 Å². The summed E-state index contributed by atoms with van der Waals surface area (Å²) in [6.45, 7) is 1.88. The van der Waals surface area contributed by atoms with Gasteiger partial charge in [-0.15, -0.1) is 0 Å². The van der Waals surface area contributed by atoms with Crippen LogP contribution in [0.25, 0.3) is 0 Å². The molecule has 2 rings (SSSR count). The molecule has 0 aliphatic rings. The quantitative estimate of drug-likeness (QED) is 0.692. The summed E-state index contributed by atoms with van der Waals surface area (Å²) in [5.41, 5.74) is 1.43. The molecule has 0 aromatic heterocycles. The molecule has 0 aliphatic heterocycles. The van der Waals surface area contributed by atoms with E-state index >= 15 is 0 Å². The first-order chi connectivity index (χ1) is 9.97. The Bertz CT molecular complexity index is 684. The van der Waals surface area contributed by atoms with Crippen LogP contribution in [-0.4, -0.2) is 23.0 Å². The van der Waals surface area contributed by atoms with Gasteiger partial charge in [-0.2, -0.15) is 0 Å². The highest BCUT2D eigenvalue weighted by Crippen LogP contribution is 2.09. The second kappa shape index (κ2) is 6.00. The number of hydrogen-bond acceptors (Lipinski definition) is 4. The van der Waals surface area contributed by atoms with Crippen LogP contribution in [0.15, 0.2) is 48.5 Å². The van der Waals surface area contributed by atoms with Gasteiger partial charge in [-0.25, -0.2) is 14.4 Å². The molecular formula is C16H12O5. The molecule has 0 radical (unpaired) electrons. The van der Waals surface area contributed by atoms with E-state index in [0.717, 1.165) is 5.56 Å². The van der Waals surface area contributed by atoms with Crippen molar-refractivity contribution in [3.05, 3.63) is 70.8 Å². The molecule has 0 unspecified atom stereocenters. The first kappa shape index (κ1) is 14.5. The van der Waals surface area contributed by atoms with Crippen LogP contribution in [0.5, 0.6) is 0 Å². The van der Waals surface area contributed by atoms with E-state index in [1.807, 2.05) is 6.92 Å². The molecule has 0 aliphatic carbocycles. The average Bonchev–Trinajstić information content (AvgIpc) is 2.47. The Balaban J connectivity index is 2.08. The summed E-state index contributed by atoms with van der Waals surface area (Å²) in [4.78, 5) is 34.3. The molecule has 0 amide bonds. The van der Waals surface area contributed by atoms with Gasteiger partial charge in [0.15, 0.2) is 0 Å². The van der Waals surface area contributed by atoms with Gasteiger partial charge in [0.2, 0.25) is 0 Å². The van der Waals surface area contributed by atoms with E-state index in [1.54, 1.807) is 24.3 Å². The van der Waals surface area contributed by atoms with Crippen LogP contribution < -0.4 is 0 Å². The van der Waals surface area contributed by atoms with Gasteiger partial charge in [-0.3, -0.25) is 0 Å². The smallest absolute Gasteiger partial charge is 0.346 e. The van der Waals surface area contributed by atoms with E-state index in [2.05, 4.69) is 0 Å². The van der Waals surface area contributed by atoms with Gasteiger partial charge in [-0.1, -0.05) is 17.7 Å². The predicted molar refractivity (Wildman–Crippen MR) is 74.3 cm³/mol. The van der Waals surface area contributed by atoms with Crippen molar-refractivity contribution in [1.82, 2.24) is 0 Å². The molecule has 0 spiro atoms. The summed E-state index contributed by atoms with van der Waals surface area (Å²) in [6, 6.07) is 11.8. The van der Waals surface area contributed by atoms with Crippen molar-refractivity contribution < 1.29 is 24.2 Å². The highest BCUT2D eigenvalue weighted by molar-refractivity contribution is 6.02. The molecule has 0 atom stereocenters. The molecule has 5 heteroatoms. The van der Waals surface area contributed by atoms with Crippen molar-refractivity contribution >= 4 is 17.9 Å². The predicted octanol–water partition coefficient (Wildman–Crippen LogP) is 2.69. The Labute approximate surface area is 120 Å². The van der Waals surface area contributed by atoms with E-state index in [9.17, 15) is 14.4 Å². The van der Waals surface area contributed by atoms with Crippen molar-refractivity contribution in [1.29, 1.82) is 0 Å². The number of esters is 2. The fourth-order valence-corrected chi connectivity index (χ4v) is 1.64. The van der Waals surface area contributed by atoms with E-state index in [0.29, 0.717) is 0 Å². The van der Waals surface area contributed by atoms with Crippen LogP contribution in [0.2, 0.25) is 0 Å². The first-order valence-corrected chi connectivity index (χ1v) is 6.14. The van der Waals surface area contributed by atoms with Crippen molar-refractivity contribution in [3.63, 3.8) is 0 Å². The van der Waals surface area contributed by atoms with E-state index in [4.69, 9.17) is 9.84 Å². The number of aryl methyl sites for hydroxylation is 1. The summed E-state index contributed by atoms with van der Waals surface area (Å²) in [6.07, 6.45) is 0. The van der Waals surface area contributed by atoms with Crippen LogP contribution in [0.4, 0.5) is 0 Å². The third kappa shape index (κ3) is 3.54. The summed E-state index contributed by atoms with van der Waals surface area (Å²) in [7, 11) is 0. The van der Waals surface area contributed by atoms with Crippen LogP contribution in [0.3, 0.4) is 0 Å². The topological polar surface area (TPSA) is 80.7 Å². The monoisotopic (exact) mass is 284 g/mol. The Hall–Kier alpha value is -2.95. The minimum atomic E-state index is -1.09. The lowest BCUT2D eigenvalue weighted by atomic mass is 10.1. The molecule has 0 bridgehead atoms. The number of aromatic carboxylic acids is 1. The maximum atomic E-state index is 11.8. The molecule has 1 N–H and O–H groups in total. The molecule has 0 fully saturated rings. The molecule has 0 heterocycles. The van der Waals surface area contributed by atoms with Gasteiger partial charge >= 0.3 is 17.9 Å². The fourth-order valence-electron chi connectivity index (χ4n) is 1.64. The van der Waals surface area contributed by atoms with Crippen molar-refractivity contribution in [2.45, 2.75) is 6.92 Å². The number of hydrogen-bond donors (Lipinski definition) is 1. The third-order valence-electron chi connectivity index (χ3n) is 2.84. The summed E-state index contributed by atoms with van der Waals surface area (Å²) < 4.78 is 4.74. The number of carboxylic acid groups (broad SMARTS) is 1. The zero-order valence-corrected chi connectivity index (χ0v) is 11.2. The number of carbonyl (C=O) groups is 3. The van der Waals surface area contributed by atoms with Crippen LogP contribution in [0.1, 0.15) is 36.6 Å². The molecule has 2 aromatic rings. The first-order valence-electron chi connectivity index (χ1n) is 6.14. The highest BCUT2D eigenvalue weighted by Gasteiger charge is 2.15. The maximum absolute atomic E-state index is 11.8. The Morgan fingerprint density at radius 2 is 1.14 bits per heavy atom. The van der Waals surface area contributed by atoms with Crippen LogP contribution in [0, 0.1) is 6.92 Å². The number of carbonyl (C=O) groups excluding carboxylic acids is 2. The molecule has 2 aromatic carbocycles. The molecule has 0 saturated carbocycles. The normalized spacial score (nSPS) is 9.95. The molecule has 106 valence electrons. The highest BCUT2D eigenvalue weighted by atomic mass is 16.6. The van der Waals surface area contributed by atoms with Crippen LogP contribution >= 0.6 is 0 Å². The van der Waals surface area contributed by atoms with Gasteiger partial charge in [0.1, 0.15) is 0 Å². The number of carboxylic acids is 1. The minimum Gasteiger partial charge on any atom is -0.478 e.